The number of benzene rings is 1. The van der Waals surface area contributed by atoms with Crippen molar-refractivity contribution in [2.45, 2.75) is 18.1 Å². The van der Waals surface area contributed by atoms with Gasteiger partial charge in [-0.05, 0) is 38.1 Å². The normalized spacial score (nSPS) is 16.7. The lowest BCUT2D eigenvalue weighted by Gasteiger charge is -2.33. The Hall–Kier alpha value is -1.61. The number of sulfonamides is 1. The SMILES string of the molecule is Cc1ccc(F)c(C(=O)CN2CCN(S(=O)(=O)c3ccc(C)s3)CC2)c1. The van der Waals surface area contributed by atoms with Crippen molar-refractivity contribution in [2.24, 2.45) is 0 Å². The number of halogens is 1. The van der Waals surface area contributed by atoms with Crippen molar-refractivity contribution < 1.29 is 17.6 Å². The van der Waals surface area contributed by atoms with E-state index in [1.54, 1.807) is 24.3 Å². The van der Waals surface area contributed by atoms with Gasteiger partial charge in [0.05, 0.1) is 12.1 Å². The monoisotopic (exact) mass is 396 g/mol. The summed E-state index contributed by atoms with van der Waals surface area (Å²) >= 11 is 1.26. The molecule has 0 radical (unpaired) electrons. The number of carbonyl (C=O) groups is 1. The molecule has 0 amide bonds. The molecule has 1 aromatic carbocycles. The summed E-state index contributed by atoms with van der Waals surface area (Å²) in [7, 11) is -3.48. The number of carbonyl (C=O) groups excluding carboxylic acids is 1. The van der Waals surface area contributed by atoms with E-state index in [1.165, 1.54) is 21.7 Å². The van der Waals surface area contributed by atoms with Crippen LogP contribution in [0.4, 0.5) is 4.39 Å². The van der Waals surface area contributed by atoms with Crippen LogP contribution in [0.5, 0.6) is 0 Å². The summed E-state index contributed by atoms with van der Waals surface area (Å²) in [5, 5.41) is 0. The Kier molecular flexibility index (Phi) is 5.57. The maximum Gasteiger partial charge on any atom is 0.252 e. The summed E-state index contributed by atoms with van der Waals surface area (Å²) < 4.78 is 40.9. The lowest BCUT2D eigenvalue weighted by Crippen LogP contribution is -2.49. The molecule has 1 aromatic heterocycles. The van der Waals surface area contributed by atoms with E-state index in [9.17, 15) is 17.6 Å². The van der Waals surface area contributed by atoms with E-state index in [-0.39, 0.29) is 17.9 Å². The smallest absolute Gasteiger partial charge is 0.252 e. The van der Waals surface area contributed by atoms with Gasteiger partial charge in [-0.25, -0.2) is 12.8 Å². The average molecular weight is 397 g/mol. The van der Waals surface area contributed by atoms with E-state index in [0.29, 0.717) is 30.4 Å². The molecule has 5 nitrogen and oxygen atoms in total. The Morgan fingerprint density at radius 1 is 1.12 bits per heavy atom. The minimum Gasteiger partial charge on any atom is -0.293 e. The molecule has 2 aromatic rings. The molecule has 26 heavy (non-hydrogen) atoms. The molecule has 0 unspecified atom stereocenters. The maximum absolute atomic E-state index is 13.9. The van der Waals surface area contributed by atoms with Crippen molar-refractivity contribution in [2.75, 3.05) is 32.7 Å². The first kappa shape index (κ1) is 19.2. The number of aryl methyl sites for hydroxylation is 2. The molecule has 0 aliphatic carbocycles. The van der Waals surface area contributed by atoms with Gasteiger partial charge < -0.3 is 0 Å². The van der Waals surface area contributed by atoms with Gasteiger partial charge in [0.25, 0.3) is 10.0 Å². The predicted molar refractivity (Wildman–Crippen MR) is 99.7 cm³/mol. The third kappa shape index (κ3) is 4.03. The van der Waals surface area contributed by atoms with Crippen molar-refractivity contribution >= 4 is 27.1 Å². The van der Waals surface area contributed by atoms with Gasteiger partial charge in [0, 0.05) is 31.1 Å². The van der Waals surface area contributed by atoms with Crippen LogP contribution in [-0.2, 0) is 10.0 Å². The number of piperazine rings is 1. The number of ketones is 1. The van der Waals surface area contributed by atoms with Gasteiger partial charge in [-0.1, -0.05) is 11.6 Å². The third-order valence-electron chi connectivity index (χ3n) is 4.43. The van der Waals surface area contributed by atoms with Gasteiger partial charge in [0.2, 0.25) is 0 Å². The van der Waals surface area contributed by atoms with Gasteiger partial charge in [0.1, 0.15) is 10.0 Å². The Balaban J connectivity index is 1.62. The molecule has 1 fully saturated rings. The van der Waals surface area contributed by atoms with E-state index >= 15 is 0 Å². The molecule has 0 bridgehead atoms. The second-order valence-electron chi connectivity index (χ2n) is 6.45. The Labute approximate surface area is 157 Å². The summed E-state index contributed by atoms with van der Waals surface area (Å²) in [5.41, 5.74) is 0.922. The number of rotatable bonds is 5. The lowest BCUT2D eigenvalue weighted by atomic mass is 10.1. The zero-order valence-electron chi connectivity index (χ0n) is 14.7. The van der Waals surface area contributed by atoms with Crippen LogP contribution in [0.25, 0.3) is 0 Å². The summed E-state index contributed by atoms with van der Waals surface area (Å²) in [5.74, 6) is -0.800. The van der Waals surface area contributed by atoms with Crippen molar-refractivity contribution in [1.29, 1.82) is 0 Å². The summed E-state index contributed by atoms with van der Waals surface area (Å²) in [4.78, 5) is 15.2. The van der Waals surface area contributed by atoms with Gasteiger partial charge in [0.15, 0.2) is 5.78 Å². The number of hydrogen-bond acceptors (Lipinski definition) is 5. The molecule has 2 heterocycles. The van der Waals surface area contributed by atoms with Crippen LogP contribution in [0.15, 0.2) is 34.5 Å². The van der Waals surface area contributed by atoms with E-state index in [1.807, 2.05) is 18.7 Å². The van der Waals surface area contributed by atoms with Crippen LogP contribution < -0.4 is 0 Å². The molecular formula is C18H21FN2O3S2. The Morgan fingerprint density at radius 3 is 2.42 bits per heavy atom. The van der Waals surface area contributed by atoms with Crippen LogP contribution in [0.2, 0.25) is 0 Å². The number of nitrogens with zero attached hydrogens (tertiary/aromatic N) is 2. The average Bonchev–Trinajstić information content (AvgIpc) is 3.05. The van der Waals surface area contributed by atoms with Crippen molar-refractivity contribution in [1.82, 2.24) is 9.21 Å². The summed E-state index contributed by atoms with van der Waals surface area (Å²) in [6.45, 7) is 5.31. The molecule has 1 aliphatic heterocycles. The van der Waals surface area contributed by atoms with Crippen molar-refractivity contribution in [3.05, 3.63) is 52.2 Å². The van der Waals surface area contributed by atoms with Gasteiger partial charge in [-0.15, -0.1) is 11.3 Å². The Bertz CT molecular complexity index is 916. The fourth-order valence-electron chi connectivity index (χ4n) is 2.95. The number of hydrogen-bond donors (Lipinski definition) is 0. The molecule has 140 valence electrons. The fourth-order valence-corrected chi connectivity index (χ4v) is 5.81. The van der Waals surface area contributed by atoms with Gasteiger partial charge in [-0.3, -0.25) is 9.69 Å². The van der Waals surface area contributed by atoms with Crippen molar-refractivity contribution in [3.8, 4) is 0 Å². The zero-order chi connectivity index (χ0) is 18.9. The first-order valence-corrected chi connectivity index (χ1v) is 10.6. The van der Waals surface area contributed by atoms with Crippen LogP contribution in [0.1, 0.15) is 20.8 Å². The standard InChI is InChI=1S/C18H21FN2O3S2/c1-13-3-5-16(19)15(11-13)17(22)12-20-7-9-21(10-8-20)26(23,24)18-6-4-14(2)25-18/h3-6,11H,7-10,12H2,1-2H3. The third-order valence-corrected chi connectivity index (χ3v) is 7.80. The minimum absolute atomic E-state index is 0.0897. The fraction of sp³-hybridized carbons (Fsp3) is 0.389. The van der Waals surface area contributed by atoms with E-state index in [4.69, 9.17) is 0 Å². The van der Waals surface area contributed by atoms with Crippen LogP contribution in [0.3, 0.4) is 0 Å². The molecule has 3 rings (SSSR count). The summed E-state index contributed by atoms with van der Waals surface area (Å²) in [6, 6.07) is 7.91. The minimum atomic E-state index is -3.48. The molecule has 0 atom stereocenters. The van der Waals surface area contributed by atoms with Crippen LogP contribution >= 0.6 is 11.3 Å². The second-order valence-corrected chi connectivity index (χ2v) is 9.90. The van der Waals surface area contributed by atoms with Crippen LogP contribution in [0, 0.1) is 19.7 Å². The topological polar surface area (TPSA) is 57.7 Å². The quantitative estimate of drug-likeness (QED) is 0.729. The number of Topliss-reactive ketones (excluding diaryl/α,β-unsaturated/α-hetero) is 1. The molecule has 1 aliphatic rings. The summed E-state index contributed by atoms with van der Waals surface area (Å²) in [6.07, 6.45) is 0. The first-order valence-electron chi connectivity index (χ1n) is 8.35. The molecule has 1 saturated heterocycles. The van der Waals surface area contributed by atoms with E-state index in [0.717, 1.165) is 10.4 Å². The first-order chi connectivity index (χ1) is 12.3. The highest BCUT2D eigenvalue weighted by Crippen LogP contribution is 2.25. The van der Waals surface area contributed by atoms with Gasteiger partial charge in [-0.2, -0.15) is 4.31 Å². The number of thiophene rings is 1. The molecule has 0 N–H and O–H groups in total. The molecule has 8 heteroatoms. The molecule has 0 saturated carbocycles. The largest absolute Gasteiger partial charge is 0.293 e. The lowest BCUT2D eigenvalue weighted by molar-refractivity contribution is 0.0897. The highest BCUT2D eigenvalue weighted by molar-refractivity contribution is 7.91. The van der Waals surface area contributed by atoms with Crippen molar-refractivity contribution in [3.63, 3.8) is 0 Å². The molecular weight excluding hydrogens is 375 g/mol. The predicted octanol–water partition coefficient (Wildman–Crippen LogP) is 2.69. The molecule has 0 spiro atoms. The van der Waals surface area contributed by atoms with Crippen LogP contribution in [-0.4, -0.2) is 56.1 Å². The van der Waals surface area contributed by atoms with E-state index in [2.05, 4.69) is 0 Å². The van der Waals surface area contributed by atoms with Gasteiger partial charge >= 0.3 is 0 Å². The van der Waals surface area contributed by atoms with E-state index < -0.39 is 15.8 Å². The zero-order valence-corrected chi connectivity index (χ0v) is 16.4. The maximum atomic E-state index is 13.9. The highest BCUT2D eigenvalue weighted by atomic mass is 32.2. The second kappa shape index (κ2) is 7.56. The highest BCUT2D eigenvalue weighted by Gasteiger charge is 2.30. The Morgan fingerprint density at radius 2 is 1.81 bits per heavy atom.